The highest BCUT2D eigenvalue weighted by Crippen LogP contribution is 2.26. The molecule has 0 aliphatic carbocycles. The lowest BCUT2D eigenvalue weighted by molar-refractivity contribution is 0.305. The Balaban J connectivity index is 1.78. The number of aromatic nitrogens is 3. The zero-order valence-electron chi connectivity index (χ0n) is 14.7. The first-order valence-electron chi connectivity index (χ1n) is 8.73. The smallest absolute Gasteiger partial charge is 0.258 e. The van der Waals surface area contributed by atoms with Gasteiger partial charge in [-0.05, 0) is 36.8 Å². The van der Waals surface area contributed by atoms with Crippen LogP contribution < -0.4 is 4.74 Å². The van der Waals surface area contributed by atoms with Crippen molar-refractivity contribution in [2.75, 3.05) is 6.61 Å². The monoisotopic (exact) mass is 348 g/mol. The van der Waals surface area contributed by atoms with E-state index < -0.39 is 0 Å². The van der Waals surface area contributed by atoms with Crippen LogP contribution in [0.1, 0.15) is 38.2 Å². The predicted molar refractivity (Wildman–Crippen MR) is 97.3 cm³/mol. The quantitative estimate of drug-likeness (QED) is 0.552. The Morgan fingerprint density at radius 1 is 1.15 bits per heavy atom. The van der Waals surface area contributed by atoms with Gasteiger partial charge in [-0.15, -0.1) is 0 Å². The van der Waals surface area contributed by atoms with Crippen molar-refractivity contribution >= 4 is 0 Å². The molecule has 0 bridgehead atoms. The highest BCUT2D eigenvalue weighted by Gasteiger charge is 2.13. The van der Waals surface area contributed by atoms with Gasteiger partial charge in [0.2, 0.25) is 5.82 Å². The largest absolute Gasteiger partial charge is 0.494 e. The zero-order chi connectivity index (χ0) is 18.2. The first-order chi connectivity index (χ1) is 12.8. The summed E-state index contributed by atoms with van der Waals surface area (Å²) >= 11 is 0. The van der Waals surface area contributed by atoms with Crippen LogP contribution in [0.4, 0.5) is 0 Å². The maximum absolute atomic E-state index is 9.28. The van der Waals surface area contributed by atoms with Gasteiger partial charge in [-0.25, -0.2) is 0 Å². The Labute approximate surface area is 152 Å². The van der Waals surface area contributed by atoms with Gasteiger partial charge in [0.1, 0.15) is 11.4 Å². The van der Waals surface area contributed by atoms with E-state index in [0.717, 1.165) is 12.8 Å². The number of pyridine rings is 1. The van der Waals surface area contributed by atoms with Gasteiger partial charge in [0.25, 0.3) is 5.89 Å². The van der Waals surface area contributed by atoms with Crippen molar-refractivity contribution in [3.8, 4) is 34.8 Å². The third-order valence-electron chi connectivity index (χ3n) is 3.87. The molecule has 0 spiro atoms. The van der Waals surface area contributed by atoms with E-state index >= 15 is 0 Å². The van der Waals surface area contributed by atoms with Crippen molar-refractivity contribution in [2.24, 2.45) is 0 Å². The van der Waals surface area contributed by atoms with Crippen LogP contribution >= 0.6 is 0 Å². The van der Waals surface area contributed by atoms with E-state index in [2.05, 4.69) is 28.1 Å². The third kappa shape index (κ3) is 4.45. The number of benzene rings is 1. The topological polar surface area (TPSA) is 84.8 Å². The molecule has 2 heterocycles. The lowest BCUT2D eigenvalue weighted by Gasteiger charge is -2.07. The van der Waals surface area contributed by atoms with Crippen molar-refractivity contribution in [2.45, 2.75) is 32.6 Å². The summed E-state index contributed by atoms with van der Waals surface area (Å²) in [6.07, 6.45) is 6.18. The van der Waals surface area contributed by atoms with E-state index in [1.807, 2.05) is 24.3 Å². The molecule has 3 rings (SSSR count). The summed E-state index contributed by atoms with van der Waals surface area (Å²) in [7, 11) is 0. The molecule has 0 fully saturated rings. The molecule has 0 aliphatic heterocycles. The van der Waals surface area contributed by atoms with E-state index in [1.165, 1.54) is 12.8 Å². The fraction of sp³-hybridized carbons (Fsp3) is 0.300. The van der Waals surface area contributed by atoms with Crippen LogP contribution in [0.15, 0.2) is 47.1 Å². The van der Waals surface area contributed by atoms with Crippen LogP contribution in [0.3, 0.4) is 0 Å². The van der Waals surface area contributed by atoms with E-state index in [-0.39, 0.29) is 0 Å². The molecule has 0 saturated carbocycles. The molecule has 6 nitrogen and oxygen atoms in total. The molecule has 132 valence electrons. The molecule has 0 atom stereocenters. The standard InChI is InChI=1S/C20H20N4O2/c1-2-3-4-7-10-25-17-12-15(14-21)11-16(13-17)20-23-19(24-26-20)18-8-5-6-9-22-18/h5-6,8-9,11-13H,2-4,7,10H2,1H3. The Hall–Kier alpha value is -3.20. The van der Waals surface area contributed by atoms with Crippen LogP contribution in [0.2, 0.25) is 0 Å². The van der Waals surface area contributed by atoms with Gasteiger partial charge in [-0.2, -0.15) is 10.2 Å². The number of rotatable bonds is 8. The molecule has 3 aromatic rings. The second-order valence-corrected chi connectivity index (χ2v) is 5.91. The molecule has 0 amide bonds. The SMILES string of the molecule is CCCCCCOc1cc(C#N)cc(-c2nc(-c3ccccn3)no2)c1. The minimum Gasteiger partial charge on any atom is -0.494 e. The Morgan fingerprint density at radius 2 is 2.08 bits per heavy atom. The van der Waals surface area contributed by atoms with E-state index in [4.69, 9.17) is 9.26 Å². The molecule has 26 heavy (non-hydrogen) atoms. The second-order valence-electron chi connectivity index (χ2n) is 5.91. The molecule has 6 heteroatoms. The third-order valence-corrected chi connectivity index (χ3v) is 3.87. The summed E-state index contributed by atoms with van der Waals surface area (Å²) in [5, 5.41) is 13.2. The van der Waals surface area contributed by atoms with Gasteiger partial charge in [0.05, 0.1) is 18.2 Å². The maximum atomic E-state index is 9.28. The Kier molecular flexibility index (Phi) is 5.94. The average molecular weight is 348 g/mol. The maximum Gasteiger partial charge on any atom is 0.258 e. The summed E-state index contributed by atoms with van der Waals surface area (Å²) in [5.41, 5.74) is 1.78. The van der Waals surface area contributed by atoms with E-state index in [1.54, 1.807) is 18.3 Å². The predicted octanol–water partition coefficient (Wildman–Crippen LogP) is 4.63. The van der Waals surface area contributed by atoms with Gasteiger partial charge in [0.15, 0.2) is 0 Å². The highest BCUT2D eigenvalue weighted by atomic mass is 16.5. The fourth-order valence-corrected chi connectivity index (χ4v) is 2.53. The lowest BCUT2D eigenvalue weighted by Crippen LogP contribution is -1.98. The Morgan fingerprint density at radius 3 is 2.85 bits per heavy atom. The number of hydrogen-bond acceptors (Lipinski definition) is 6. The average Bonchev–Trinajstić information content (AvgIpc) is 3.18. The highest BCUT2D eigenvalue weighted by molar-refractivity contribution is 5.61. The van der Waals surface area contributed by atoms with E-state index in [9.17, 15) is 5.26 Å². The molecule has 0 radical (unpaired) electrons. The first kappa shape index (κ1) is 17.6. The van der Waals surface area contributed by atoms with E-state index in [0.29, 0.717) is 40.9 Å². The normalized spacial score (nSPS) is 10.5. The minimum atomic E-state index is 0.332. The van der Waals surface area contributed by atoms with Crippen LogP contribution in [0.25, 0.3) is 23.0 Å². The number of ether oxygens (including phenoxy) is 1. The summed E-state index contributed by atoms with van der Waals surface area (Å²) in [6, 6.07) is 12.9. The number of nitriles is 1. The number of unbranched alkanes of at least 4 members (excludes halogenated alkanes) is 3. The fourth-order valence-electron chi connectivity index (χ4n) is 2.53. The van der Waals surface area contributed by atoms with Crippen LogP contribution in [-0.2, 0) is 0 Å². The summed E-state index contributed by atoms with van der Waals surface area (Å²) in [6.45, 7) is 2.80. The van der Waals surface area contributed by atoms with Crippen LogP contribution in [0.5, 0.6) is 5.75 Å². The van der Waals surface area contributed by atoms with Crippen molar-refractivity contribution in [1.82, 2.24) is 15.1 Å². The number of hydrogen-bond donors (Lipinski definition) is 0. The van der Waals surface area contributed by atoms with Gasteiger partial charge in [0, 0.05) is 11.8 Å². The lowest BCUT2D eigenvalue weighted by atomic mass is 10.1. The number of nitrogens with zero attached hydrogens (tertiary/aromatic N) is 4. The van der Waals surface area contributed by atoms with Crippen LogP contribution in [-0.4, -0.2) is 21.7 Å². The molecule has 0 unspecified atom stereocenters. The van der Waals surface area contributed by atoms with Gasteiger partial charge in [-0.3, -0.25) is 4.98 Å². The summed E-state index contributed by atoms with van der Waals surface area (Å²) < 4.78 is 11.1. The first-order valence-corrected chi connectivity index (χ1v) is 8.73. The molecular formula is C20H20N4O2. The molecular weight excluding hydrogens is 328 g/mol. The van der Waals surface area contributed by atoms with Crippen molar-refractivity contribution < 1.29 is 9.26 Å². The molecule has 1 aromatic carbocycles. The van der Waals surface area contributed by atoms with Crippen LogP contribution in [0, 0.1) is 11.3 Å². The van der Waals surface area contributed by atoms with Gasteiger partial charge < -0.3 is 9.26 Å². The molecule has 0 N–H and O–H groups in total. The van der Waals surface area contributed by atoms with Crippen molar-refractivity contribution in [3.63, 3.8) is 0 Å². The Bertz CT molecular complexity index is 884. The zero-order valence-corrected chi connectivity index (χ0v) is 14.7. The molecule has 2 aromatic heterocycles. The summed E-state index contributed by atoms with van der Waals surface area (Å²) in [5.74, 6) is 1.37. The van der Waals surface area contributed by atoms with Gasteiger partial charge >= 0.3 is 0 Å². The molecule has 0 aliphatic rings. The molecule has 0 saturated heterocycles. The van der Waals surface area contributed by atoms with Gasteiger partial charge in [-0.1, -0.05) is 37.4 Å². The van der Waals surface area contributed by atoms with Crippen molar-refractivity contribution in [1.29, 1.82) is 5.26 Å². The van der Waals surface area contributed by atoms with Crippen molar-refractivity contribution in [3.05, 3.63) is 48.2 Å². The second kappa shape index (κ2) is 8.77. The summed E-state index contributed by atoms with van der Waals surface area (Å²) in [4.78, 5) is 8.59. The minimum absolute atomic E-state index is 0.332.